The minimum atomic E-state index is -0.663. The van der Waals surface area contributed by atoms with Crippen LogP contribution in [0, 0.1) is 10.1 Å². The first-order chi connectivity index (χ1) is 10.6. The summed E-state index contributed by atoms with van der Waals surface area (Å²) in [6.07, 6.45) is 3.94. The molecule has 22 heavy (non-hydrogen) atoms. The van der Waals surface area contributed by atoms with Gasteiger partial charge in [0.15, 0.2) is 11.5 Å². The summed E-state index contributed by atoms with van der Waals surface area (Å²) in [7, 11) is 0. The molecule has 2 aromatic rings. The largest absolute Gasteiger partial charge is 0.502 e. The molecule has 5 heteroatoms. The second kappa shape index (κ2) is 7.17. The van der Waals surface area contributed by atoms with Crippen molar-refractivity contribution < 1.29 is 14.8 Å². The Bertz CT molecular complexity index is 708. The number of allylic oxidation sites excluding steroid dienone is 1. The molecule has 0 unspecified atom stereocenters. The highest BCUT2D eigenvalue weighted by Crippen LogP contribution is 2.26. The Morgan fingerprint density at radius 2 is 1.91 bits per heavy atom. The van der Waals surface area contributed by atoms with Crippen LogP contribution in [0.4, 0.5) is 5.69 Å². The average molecular weight is 297 g/mol. The van der Waals surface area contributed by atoms with Crippen LogP contribution in [0.5, 0.6) is 5.75 Å². The van der Waals surface area contributed by atoms with Gasteiger partial charge in [-0.25, -0.2) is 0 Å². The Balaban J connectivity index is 1.98. The van der Waals surface area contributed by atoms with Crippen molar-refractivity contribution in [3.05, 3.63) is 75.8 Å². The molecule has 0 saturated heterocycles. The summed E-state index contributed by atoms with van der Waals surface area (Å²) in [6, 6.07) is 13.7. The summed E-state index contributed by atoms with van der Waals surface area (Å²) in [5.41, 5.74) is 1.21. The first-order valence-electron chi connectivity index (χ1n) is 6.78. The molecule has 0 aromatic heterocycles. The van der Waals surface area contributed by atoms with Crippen molar-refractivity contribution in [2.45, 2.75) is 12.8 Å². The molecular weight excluding hydrogens is 282 g/mol. The predicted molar refractivity (Wildman–Crippen MR) is 83.6 cm³/mol. The number of aromatic hydroxyl groups is 1. The summed E-state index contributed by atoms with van der Waals surface area (Å²) in [5.74, 6) is -0.447. The van der Waals surface area contributed by atoms with Crippen molar-refractivity contribution in [1.82, 2.24) is 0 Å². The van der Waals surface area contributed by atoms with E-state index in [1.54, 1.807) is 0 Å². The lowest BCUT2D eigenvalue weighted by Gasteiger charge is -1.99. The quantitative estimate of drug-likeness (QED) is 0.502. The van der Waals surface area contributed by atoms with Gasteiger partial charge in [0.25, 0.3) is 0 Å². The average Bonchev–Trinajstić information content (AvgIpc) is 2.53. The number of nitrogens with zero attached hydrogens (tertiary/aromatic N) is 1. The topological polar surface area (TPSA) is 80.4 Å². The molecule has 1 N–H and O–H groups in total. The van der Waals surface area contributed by atoms with Crippen LogP contribution >= 0.6 is 0 Å². The fourth-order valence-electron chi connectivity index (χ4n) is 1.98. The van der Waals surface area contributed by atoms with Gasteiger partial charge in [0, 0.05) is 12.5 Å². The molecule has 0 fully saturated rings. The third-order valence-electron chi connectivity index (χ3n) is 3.16. The van der Waals surface area contributed by atoms with Crippen LogP contribution in [0.25, 0.3) is 6.08 Å². The Hall–Kier alpha value is -2.95. The van der Waals surface area contributed by atoms with E-state index in [2.05, 4.69) is 0 Å². The third-order valence-corrected chi connectivity index (χ3v) is 3.16. The number of phenolic OH excluding ortho intramolecular Hbond substituents is 1. The molecule has 0 amide bonds. The fourth-order valence-corrected chi connectivity index (χ4v) is 1.98. The van der Waals surface area contributed by atoms with Crippen molar-refractivity contribution in [3.63, 3.8) is 0 Å². The van der Waals surface area contributed by atoms with Crippen molar-refractivity contribution in [1.29, 1.82) is 0 Å². The molecule has 5 nitrogen and oxygen atoms in total. The first-order valence-corrected chi connectivity index (χ1v) is 6.78. The zero-order valence-corrected chi connectivity index (χ0v) is 11.8. The van der Waals surface area contributed by atoms with Gasteiger partial charge in [0.2, 0.25) is 0 Å². The van der Waals surface area contributed by atoms with Gasteiger partial charge in [-0.2, -0.15) is 0 Å². The van der Waals surface area contributed by atoms with Crippen LogP contribution in [-0.4, -0.2) is 15.8 Å². The van der Waals surface area contributed by atoms with E-state index in [9.17, 15) is 20.0 Å². The van der Waals surface area contributed by atoms with Gasteiger partial charge in [-0.3, -0.25) is 14.9 Å². The summed E-state index contributed by atoms with van der Waals surface area (Å²) < 4.78 is 0. The second-order valence-corrected chi connectivity index (χ2v) is 4.79. The number of carbonyl (C=O) groups is 1. The molecule has 0 heterocycles. The molecule has 0 aliphatic carbocycles. The van der Waals surface area contributed by atoms with Crippen LogP contribution in [0.1, 0.15) is 17.5 Å². The number of phenols is 1. The van der Waals surface area contributed by atoms with Crippen LogP contribution in [-0.2, 0) is 11.2 Å². The Labute approximate surface area is 127 Å². The zero-order chi connectivity index (χ0) is 15.9. The number of nitro groups is 1. The monoisotopic (exact) mass is 297 g/mol. The standard InChI is InChI=1S/C17H15NO4/c19-15(9-6-13-4-2-1-3-5-13)10-7-14-8-11-17(20)16(12-14)18(21)22/h1-5,7-8,10-12,20H,6,9H2. The molecule has 0 radical (unpaired) electrons. The maximum Gasteiger partial charge on any atom is 0.311 e. The molecule has 0 bridgehead atoms. The smallest absolute Gasteiger partial charge is 0.311 e. The molecular formula is C17H15NO4. The van der Waals surface area contributed by atoms with Gasteiger partial charge in [0.1, 0.15) is 0 Å². The molecule has 112 valence electrons. The maximum atomic E-state index is 11.8. The SMILES string of the molecule is O=C(C=Cc1ccc(O)c([N+](=O)[O-])c1)CCc1ccccc1. The number of rotatable bonds is 6. The number of nitro benzene ring substituents is 1. The minimum Gasteiger partial charge on any atom is -0.502 e. The zero-order valence-electron chi connectivity index (χ0n) is 11.8. The van der Waals surface area contributed by atoms with E-state index < -0.39 is 10.7 Å². The molecule has 0 atom stereocenters. The number of hydrogen-bond donors (Lipinski definition) is 1. The molecule has 0 saturated carbocycles. The molecule has 0 spiro atoms. The van der Waals surface area contributed by atoms with Gasteiger partial charge < -0.3 is 5.11 Å². The predicted octanol–water partition coefficient (Wildman–Crippen LogP) is 3.52. The normalized spacial score (nSPS) is 10.7. The number of ketones is 1. The van der Waals surface area contributed by atoms with Gasteiger partial charge >= 0.3 is 5.69 Å². The van der Waals surface area contributed by atoms with Crippen molar-refractivity contribution >= 4 is 17.5 Å². The van der Waals surface area contributed by atoms with E-state index >= 15 is 0 Å². The molecule has 2 rings (SSSR count). The Morgan fingerprint density at radius 3 is 2.59 bits per heavy atom. The van der Waals surface area contributed by atoms with Crippen LogP contribution in [0.3, 0.4) is 0 Å². The second-order valence-electron chi connectivity index (χ2n) is 4.79. The lowest BCUT2D eigenvalue weighted by molar-refractivity contribution is -0.385. The van der Waals surface area contributed by atoms with E-state index in [-0.39, 0.29) is 11.5 Å². The van der Waals surface area contributed by atoms with E-state index in [1.165, 1.54) is 30.4 Å². The third kappa shape index (κ3) is 4.28. The number of carbonyl (C=O) groups excluding carboxylic acids is 1. The van der Waals surface area contributed by atoms with Gasteiger partial charge in [0.05, 0.1) is 4.92 Å². The van der Waals surface area contributed by atoms with Gasteiger partial charge in [-0.15, -0.1) is 0 Å². The number of benzene rings is 2. The number of aryl methyl sites for hydroxylation is 1. The van der Waals surface area contributed by atoms with E-state index in [0.717, 1.165) is 5.56 Å². The molecule has 0 aliphatic heterocycles. The highest BCUT2D eigenvalue weighted by atomic mass is 16.6. The first kappa shape index (κ1) is 15.4. The van der Waals surface area contributed by atoms with E-state index in [1.807, 2.05) is 30.3 Å². The van der Waals surface area contributed by atoms with E-state index in [0.29, 0.717) is 18.4 Å². The van der Waals surface area contributed by atoms with Crippen LogP contribution < -0.4 is 0 Å². The van der Waals surface area contributed by atoms with Gasteiger partial charge in [-0.1, -0.05) is 42.5 Å². The van der Waals surface area contributed by atoms with Crippen LogP contribution in [0.2, 0.25) is 0 Å². The Morgan fingerprint density at radius 1 is 1.18 bits per heavy atom. The molecule has 2 aromatic carbocycles. The van der Waals surface area contributed by atoms with Crippen molar-refractivity contribution in [2.75, 3.05) is 0 Å². The van der Waals surface area contributed by atoms with Crippen molar-refractivity contribution in [3.8, 4) is 5.75 Å². The molecule has 0 aliphatic rings. The lowest BCUT2D eigenvalue weighted by atomic mass is 10.1. The summed E-state index contributed by atoms with van der Waals surface area (Å²) in [5, 5.41) is 20.1. The van der Waals surface area contributed by atoms with Crippen LogP contribution in [0.15, 0.2) is 54.6 Å². The highest BCUT2D eigenvalue weighted by Gasteiger charge is 2.12. The summed E-state index contributed by atoms with van der Waals surface area (Å²) >= 11 is 0. The Kier molecular flexibility index (Phi) is 5.03. The van der Waals surface area contributed by atoms with E-state index in [4.69, 9.17) is 0 Å². The number of hydrogen-bond acceptors (Lipinski definition) is 4. The summed E-state index contributed by atoms with van der Waals surface area (Å²) in [6.45, 7) is 0. The lowest BCUT2D eigenvalue weighted by Crippen LogP contribution is -1.96. The maximum absolute atomic E-state index is 11.8. The minimum absolute atomic E-state index is 0.0559. The van der Waals surface area contributed by atoms with Crippen molar-refractivity contribution in [2.24, 2.45) is 0 Å². The highest BCUT2D eigenvalue weighted by molar-refractivity contribution is 5.93. The summed E-state index contributed by atoms with van der Waals surface area (Å²) in [4.78, 5) is 21.9. The van der Waals surface area contributed by atoms with Gasteiger partial charge in [-0.05, 0) is 29.7 Å². The fraction of sp³-hybridized carbons (Fsp3) is 0.118.